The molecule has 2 nitrogen and oxygen atoms in total. The first-order valence-electron chi connectivity index (χ1n) is 4.87. The van der Waals surface area contributed by atoms with Crippen molar-refractivity contribution in [3.63, 3.8) is 0 Å². The lowest BCUT2D eigenvalue weighted by atomic mass is 10.00. The molecule has 76 valence electrons. The minimum atomic E-state index is -2.98. The summed E-state index contributed by atoms with van der Waals surface area (Å²) in [4.78, 5) is 0.606. The molecule has 0 radical (unpaired) electrons. The van der Waals surface area contributed by atoms with E-state index in [2.05, 4.69) is 0 Å². The lowest BCUT2D eigenvalue weighted by Crippen LogP contribution is -2.03. The molecule has 1 aliphatic rings. The van der Waals surface area contributed by atoms with Crippen LogP contribution < -0.4 is 0 Å². The SMILES string of the molecule is CC(C)c1cccc2c1S(=O)(=O)CC2. The van der Waals surface area contributed by atoms with Gasteiger partial charge in [0.15, 0.2) is 9.84 Å². The van der Waals surface area contributed by atoms with Crippen LogP contribution in [0.2, 0.25) is 0 Å². The number of rotatable bonds is 1. The highest BCUT2D eigenvalue weighted by Crippen LogP contribution is 2.32. The Morgan fingerprint density at radius 1 is 1.29 bits per heavy atom. The number of sulfone groups is 1. The van der Waals surface area contributed by atoms with Crippen molar-refractivity contribution in [2.24, 2.45) is 0 Å². The van der Waals surface area contributed by atoms with Crippen molar-refractivity contribution in [3.8, 4) is 0 Å². The van der Waals surface area contributed by atoms with Gasteiger partial charge in [0.25, 0.3) is 0 Å². The van der Waals surface area contributed by atoms with Crippen LogP contribution in [0.4, 0.5) is 0 Å². The van der Waals surface area contributed by atoms with Crippen molar-refractivity contribution in [1.29, 1.82) is 0 Å². The van der Waals surface area contributed by atoms with Crippen molar-refractivity contribution in [3.05, 3.63) is 29.3 Å². The molecule has 0 aliphatic carbocycles. The Labute approximate surface area is 84.9 Å². The van der Waals surface area contributed by atoms with Gasteiger partial charge in [-0.05, 0) is 23.5 Å². The summed E-state index contributed by atoms with van der Waals surface area (Å²) in [7, 11) is -2.98. The maximum absolute atomic E-state index is 11.8. The standard InChI is InChI=1S/C11H14O2S/c1-8(2)10-5-3-4-9-6-7-14(12,13)11(9)10/h3-5,8H,6-7H2,1-2H3. The van der Waals surface area contributed by atoms with E-state index in [1.807, 2.05) is 32.0 Å². The van der Waals surface area contributed by atoms with E-state index >= 15 is 0 Å². The van der Waals surface area contributed by atoms with Crippen molar-refractivity contribution in [1.82, 2.24) is 0 Å². The van der Waals surface area contributed by atoms with E-state index in [0.29, 0.717) is 11.3 Å². The van der Waals surface area contributed by atoms with E-state index in [1.165, 1.54) is 0 Å². The Bertz CT molecular complexity index is 458. The molecule has 1 aromatic rings. The van der Waals surface area contributed by atoms with E-state index in [9.17, 15) is 8.42 Å². The first-order valence-corrected chi connectivity index (χ1v) is 6.52. The minimum Gasteiger partial charge on any atom is -0.224 e. The van der Waals surface area contributed by atoms with Gasteiger partial charge in [0.2, 0.25) is 0 Å². The molecular formula is C11H14O2S. The molecule has 14 heavy (non-hydrogen) atoms. The van der Waals surface area contributed by atoms with Crippen LogP contribution in [0.1, 0.15) is 30.9 Å². The first-order chi connectivity index (χ1) is 6.52. The van der Waals surface area contributed by atoms with Crippen LogP contribution in [0.3, 0.4) is 0 Å². The highest BCUT2D eigenvalue weighted by Gasteiger charge is 2.29. The first kappa shape index (κ1) is 9.71. The molecule has 0 amide bonds. The van der Waals surface area contributed by atoms with E-state index < -0.39 is 9.84 Å². The van der Waals surface area contributed by atoms with Crippen LogP contribution in [-0.4, -0.2) is 14.2 Å². The fourth-order valence-corrected chi connectivity index (χ4v) is 3.91. The van der Waals surface area contributed by atoms with Gasteiger partial charge in [-0.15, -0.1) is 0 Å². The fourth-order valence-electron chi connectivity index (χ4n) is 1.98. The largest absolute Gasteiger partial charge is 0.224 e. The summed E-state index contributed by atoms with van der Waals surface area (Å²) < 4.78 is 23.6. The third kappa shape index (κ3) is 1.36. The molecule has 1 aliphatic heterocycles. The molecule has 0 fully saturated rings. The Balaban J connectivity index is 2.73. The van der Waals surface area contributed by atoms with E-state index in [1.54, 1.807) is 0 Å². The molecular weight excluding hydrogens is 196 g/mol. The van der Waals surface area contributed by atoms with Crippen LogP contribution in [0.25, 0.3) is 0 Å². The van der Waals surface area contributed by atoms with Crippen molar-refractivity contribution in [2.75, 3.05) is 5.75 Å². The van der Waals surface area contributed by atoms with E-state index in [-0.39, 0.29) is 11.7 Å². The predicted octanol–water partition coefficient (Wildman–Crippen LogP) is 2.14. The summed E-state index contributed by atoms with van der Waals surface area (Å²) in [6.45, 7) is 4.06. The zero-order valence-corrected chi connectivity index (χ0v) is 9.26. The quantitative estimate of drug-likeness (QED) is 0.711. The summed E-state index contributed by atoms with van der Waals surface area (Å²) in [6.07, 6.45) is 0.679. The number of aryl methyl sites for hydroxylation is 1. The molecule has 1 aromatic carbocycles. The molecule has 0 bridgehead atoms. The van der Waals surface area contributed by atoms with Gasteiger partial charge in [-0.25, -0.2) is 8.42 Å². The summed E-state index contributed by atoms with van der Waals surface area (Å²) in [6, 6.07) is 5.80. The van der Waals surface area contributed by atoms with Crippen LogP contribution in [0, 0.1) is 0 Å². The summed E-state index contributed by atoms with van der Waals surface area (Å²) >= 11 is 0. The molecule has 0 saturated carbocycles. The molecule has 0 unspecified atom stereocenters. The Morgan fingerprint density at radius 2 is 2.00 bits per heavy atom. The summed E-state index contributed by atoms with van der Waals surface area (Å²) in [5, 5.41) is 0. The Morgan fingerprint density at radius 3 is 2.64 bits per heavy atom. The van der Waals surface area contributed by atoms with Crippen LogP contribution in [-0.2, 0) is 16.3 Å². The van der Waals surface area contributed by atoms with Gasteiger partial charge >= 0.3 is 0 Å². The molecule has 3 heteroatoms. The fraction of sp³-hybridized carbons (Fsp3) is 0.455. The minimum absolute atomic E-state index is 0.276. The normalized spacial score (nSPS) is 18.5. The molecule has 2 rings (SSSR count). The zero-order chi connectivity index (χ0) is 10.3. The van der Waals surface area contributed by atoms with Gasteiger partial charge in [-0.2, -0.15) is 0 Å². The monoisotopic (exact) mass is 210 g/mol. The van der Waals surface area contributed by atoms with Crippen molar-refractivity contribution in [2.45, 2.75) is 31.1 Å². The highest BCUT2D eigenvalue weighted by atomic mass is 32.2. The molecule has 0 spiro atoms. The third-order valence-corrected chi connectivity index (χ3v) is 4.56. The number of hydrogen-bond acceptors (Lipinski definition) is 2. The second-order valence-electron chi connectivity index (χ2n) is 4.06. The second kappa shape index (κ2) is 3.09. The lowest BCUT2D eigenvalue weighted by molar-refractivity contribution is 0.598. The number of benzene rings is 1. The van der Waals surface area contributed by atoms with Crippen molar-refractivity contribution >= 4 is 9.84 Å². The molecule has 0 N–H and O–H groups in total. The molecule has 1 heterocycles. The van der Waals surface area contributed by atoms with E-state index in [0.717, 1.165) is 11.1 Å². The van der Waals surface area contributed by atoms with Crippen LogP contribution in [0.15, 0.2) is 23.1 Å². The van der Waals surface area contributed by atoms with Gasteiger partial charge in [0.05, 0.1) is 10.6 Å². The maximum Gasteiger partial charge on any atom is 0.179 e. The van der Waals surface area contributed by atoms with Crippen LogP contribution >= 0.6 is 0 Å². The van der Waals surface area contributed by atoms with Gasteiger partial charge < -0.3 is 0 Å². The molecule has 0 saturated heterocycles. The second-order valence-corrected chi connectivity index (χ2v) is 6.11. The smallest absolute Gasteiger partial charge is 0.179 e. The third-order valence-electron chi connectivity index (χ3n) is 2.70. The topological polar surface area (TPSA) is 34.1 Å². The van der Waals surface area contributed by atoms with Gasteiger partial charge in [0, 0.05) is 0 Å². The van der Waals surface area contributed by atoms with E-state index in [4.69, 9.17) is 0 Å². The maximum atomic E-state index is 11.8. The average molecular weight is 210 g/mol. The molecule has 0 aromatic heterocycles. The van der Waals surface area contributed by atoms with Crippen LogP contribution in [0.5, 0.6) is 0 Å². The van der Waals surface area contributed by atoms with Gasteiger partial charge in [0.1, 0.15) is 0 Å². The Hall–Kier alpha value is -0.830. The number of fused-ring (bicyclic) bond motifs is 1. The molecule has 0 atom stereocenters. The van der Waals surface area contributed by atoms with Crippen molar-refractivity contribution < 1.29 is 8.42 Å². The van der Waals surface area contributed by atoms with Gasteiger partial charge in [-0.1, -0.05) is 32.0 Å². The van der Waals surface area contributed by atoms with Gasteiger partial charge in [-0.3, -0.25) is 0 Å². The highest BCUT2D eigenvalue weighted by molar-refractivity contribution is 7.91. The lowest BCUT2D eigenvalue weighted by Gasteiger charge is -2.10. The predicted molar refractivity (Wildman–Crippen MR) is 56.3 cm³/mol. The number of hydrogen-bond donors (Lipinski definition) is 0. The average Bonchev–Trinajstić information content (AvgIpc) is 2.43. The zero-order valence-electron chi connectivity index (χ0n) is 8.45. The summed E-state index contributed by atoms with van der Waals surface area (Å²) in [5.74, 6) is 0.560. The summed E-state index contributed by atoms with van der Waals surface area (Å²) in [5.41, 5.74) is 1.97. The Kier molecular flexibility index (Phi) is 2.14.